The number of nitrogens with two attached hydrogens (primary N) is 1. The first kappa shape index (κ1) is 20.6. The Bertz CT molecular complexity index is 1160. The molecule has 3 aromatic rings. The van der Waals surface area contributed by atoms with Gasteiger partial charge in [-0.1, -0.05) is 29.8 Å². The highest BCUT2D eigenvalue weighted by Crippen LogP contribution is 2.43. The number of amides is 2. The van der Waals surface area contributed by atoms with Crippen LogP contribution in [0.5, 0.6) is 11.5 Å². The lowest BCUT2D eigenvalue weighted by Crippen LogP contribution is -2.44. The molecule has 0 bridgehead atoms. The molecular weight excluding hydrogens is 425 g/mol. The van der Waals surface area contributed by atoms with Crippen LogP contribution in [0.3, 0.4) is 0 Å². The van der Waals surface area contributed by atoms with Gasteiger partial charge in [-0.2, -0.15) is 0 Å². The fourth-order valence-corrected chi connectivity index (χ4v) is 3.91. The molecule has 3 N–H and O–H groups in total. The van der Waals surface area contributed by atoms with Crippen molar-refractivity contribution in [3.8, 4) is 11.5 Å². The van der Waals surface area contributed by atoms with Crippen LogP contribution in [0.15, 0.2) is 60.9 Å². The van der Waals surface area contributed by atoms with Gasteiger partial charge in [0.1, 0.15) is 18.4 Å². The fourth-order valence-electron chi connectivity index (χ4n) is 3.69. The van der Waals surface area contributed by atoms with Gasteiger partial charge in [-0.05, 0) is 30.3 Å². The Morgan fingerprint density at radius 1 is 1.26 bits per heavy atom. The van der Waals surface area contributed by atoms with E-state index in [0.29, 0.717) is 11.1 Å². The zero-order valence-corrected chi connectivity index (χ0v) is 16.8. The number of phenolic OH excluding ortho intramolecular Hbond substituents is 1. The van der Waals surface area contributed by atoms with Gasteiger partial charge in [0.15, 0.2) is 11.6 Å². The monoisotopic (exact) mass is 441 g/mol. The molecule has 0 saturated heterocycles. The molecule has 1 aliphatic rings. The molecule has 9 heteroatoms. The van der Waals surface area contributed by atoms with Crippen LogP contribution in [0.25, 0.3) is 0 Å². The second kappa shape index (κ2) is 8.23. The van der Waals surface area contributed by atoms with Crippen molar-refractivity contribution in [1.82, 2.24) is 9.88 Å². The normalized spacial score (nSPS) is 15.6. The Labute approximate surface area is 181 Å². The van der Waals surface area contributed by atoms with Crippen molar-refractivity contribution in [3.05, 3.63) is 88.5 Å². The van der Waals surface area contributed by atoms with E-state index in [4.69, 9.17) is 22.1 Å². The standard InChI is InChI=1S/C22H17ClFN3O4/c23-13-8-15-17(11-31-20(15)16(24)9-13)27(22(30)14-5-1-2-6-18(14)28)19(21(25)29)12-4-3-7-26-10-12/h1-10,17,19,28H,11H2,(H2,25,29)/t17-,19?/m1/s1. The Hall–Kier alpha value is -3.65. The summed E-state index contributed by atoms with van der Waals surface area (Å²) in [6.07, 6.45) is 2.93. The van der Waals surface area contributed by atoms with E-state index < -0.39 is 29.7 Å². The number of fused-ring (bicyclic) bond motifs is 1. The number of phenols is 1. The number of aromatic nitrogens is 1. The minimum Gasteiger partial charge on any atom is -0.507 e. The number of carbonyl (C=O) groups is 2. The van der Waals surface area contributed by atoms with Crippen LogP contribution in [0, 0.1) is 5.82 Å². The van der Waals surface area contributed by atoms with Gasteiger partial charge in [0.05, 0.1) is 11.6 Å². The first-order chi connectivity index (χ1) is 14.9. The van der Waals surface area contributed by atoms with Crippen molar-refractivity contribution in [2.24, 2.45) is 5.73 Å². The highest BCUT2D eigenvalue weighted by atomic mass is 35.5. The summed E-state index contributed by atoms with van der Waals surface area (Å²) < 4.78 is 19.9. The lowest BCUT2D eigenvalue weighted by molar-refractivity contribution is -0.123. The third-order valence-corrected chi connectivity index (χ3v) is 5.25. The average Bonchev–Trinajstić information content (AvgIpc) is 3.16. The molecule has 2 heterocycles. The number of nitrogens with zero attached hydrogens (tertiary/aromatic N) is 2. The van der Waals surface area contributed by atoms with E-state index in [1.807, 2.05) is 0 Å². The first-order valence-corrected chi connectivity index (χ1v) is 9.68. The highest BCUT2D eigenvalue weighted by molar-refractivity contribution is 6.30. The third kappa shape index (κ3) is 3.77. The summed E-state index contributed by atoms with van der Waals surface area (Å²) in [7, 11) is 0. The summed E-state index contributed by atoms with van der Waals surface area (Å²) in [5, 5.41) is 10.4. The molecule has 0 aliphatic carbocycles. The van der Waals surface area contributed by atoms with Crippen molar-refractivity contribution >= 4 is 23.4 Å². The number of hydrogen-bond donors (Lipinski definition) is 2. The molecule has 31 heavy (non-hydrogen) atoms. The number of benzene rings is 2. The smallest absolute Gasteiger partial charge is 0.259 e. The molecule has 4 rings (SSSR count). The van der Waals surface area contributed by atoms with E-state index in [9.17, 15) is 19.1 Å². The molecule has 2 amide bonds. The summed E-state index contributed by atoms with van der Waals surface area (Å²) in [5.74, 6) is -2.53. The topological polar surface area (TPSA) is 106 Å². The van der Waals surface area contributed by atoms with Crippen LogP contribution >= 0.6 is 11.6 Å². The van der Waals surface area contributed by atoms with Gasteiger partial charge in [-0.25, -0.2) is 4.39 Å². The maximum absolute atomic E-state index is 14.4. The van der Waals surface area contributed by atoms with Crippen LogP contribution in [0.4, 0.5) is 4.39 Å². The Morgan fingerprint density at radius 3 is 2.71 bits per heavy atom. The van der Waals surface area contributed by atoms with E-state index >= 15 is 0 Å². The predicted molar refractivity (Wildman–Crippen MR) is 110 cm³/mol. The number of aromatic hydroxyl groups is 1. The van der Waals surface area contributed by atoms with Crippen molar-refractivity contribution in [2.75, 3.05) is 6.61 Å². The molecule has 2 aromatic carbocycles. The van der Waals surface area contributed by atoms with Crippen LogP contribution in [-0.2, 0) is 4.79 Å². The maximum atomic E-state index is 14.4. The molecular formula is C22H17ClFN3O4. The van der Waals surface area contributed by atoms with Crippen LogP contribution < -0.4 is 10.5 Å². The second-order valence-corrected chi connectivity index (χ2v) is 7.39. The van der Waals surface area contributed by atoms with E-state index in [0.717, 1.165) is 6.07 Å². The van der Waals surface area contributed by atoms with Gasteiger partial charge in [-0.3, -0.25) is 14.6 Å². The number of halogens is 2. The van der Waals surface area contributed by atoms with E-state index in [2.05, 4.69) is 4.98 Å². The molecule has 7 nitrogen and oxygen atoms in total. The molecule has 158 valence electrons. The number of para-hydroxylation sites is 1. The van der Waals surface area contributed by atoms with Crippen molar-refractivity contribution in [3.63, 3.8) is 0 Å². The van der Waals surface area contributed by atoms with E-state index in [1.54, 1.807) is 24.3 Å². The molecule has 0 fully saturated rings. The minimum atomic E-state index is -1.26. The number of carbonyl (C=O) groups excluding carboxylic acids is 2. The maximum Gasteiger partial charge on any atom is 0.259 e. The molecule has 1 unspecified atom stereocenters. The first-order valence-electron chi connectivity index (χ1n) is 9.30. The minimum absolute atomic E-state index is 0.0476. The van der Waals surface area contributed by atoms with Crippen molar-refractivity contribution < 1.29 is 23.8 Å². The summed E-state index contributed by atoms with van der Waals surface area (Å²) in [5.41, 5.74) is 6.31. The Balaban J connectivity index is 1.90. The second-order valence-electron chi connectivity index (χ2n) is 6.95. The lowest BCUT2D eigenvalue weighted by atomic mass is 9.98. The number of pyridine rings is 1. The van der Waals surface area contributed by atoms with Crippen LogP contribution in [-0.4, -0.2) is 33.4 Å². The Morgan fingerprint density at radius 2 is 2.03 bits per heavy atom. The molecule has 2 atom stereocenters. The zero-order chi connectivity index (χ0) is 22.1. The van der Waals surface area contributed by atoms with Gasteiger partial charge in [0.25, 0.3) is 5.91 Å². The molecule has 0 saturated carbocycles. The van der Waals surface area contributed by atoms with Gasteiger partial charge < -0.3 is 20.5 Å². The van der Waals surface area contributed by atoms with Crippen LogP contribution in [0.2, 0.25) is 5.02 Å². The summed E-state index contributed by atoms with van der Waals surface area (Å²) in [6, 6.07) is 9.53. The number of primary amides is 1. The molecule has 1 aromatic heterocycles. The molecule has 0 radical (unpaired) electrons. The average molecular weight is 442 g/mol. The van der Waals surface area contributed by atoms with E-state index in [-0.39, 0.29) is 28.7 Å². The third-order valence-electron chi connectivity index (χ3n) is 5.03. The SMILES string of the molecule is NC(=O)C(c1cccnc1)N(C(=O)c1ccccc1O)[C@@H]1COc2c(F)cc(Cl)cc21. The van der Waals surface area contributed by atoms with Crippen molar-refractivity contribution in [1.29, 1.82) is 0 Å². The number of rotatable bonds is 5. The summed E-state index contributed by atoms with van der Waals surface area (Å²) >= 11 is 6.04. The van der Waals surface area contributed by atoms with Gasteiger partial charge in [0.2, 0.25) is 5.91 Å². The van der Waals surface area contributed by atoms with Crippen LogP contribution in [0.1, 0.15) is 33.6 Å². The van der Waals surface area contributed by atoms with Gasteiger partial charge in [0, 0.05) is 28.5 Å². The van der Waals surface area contributed by atoms with Crippen molar-refractivity contribution in [2.45, 2.75) is 12.1 Å². The van der Waals surface area contributed by atoms with E-state index in [1.165, 1.54) is 35.5 Å². The predicted octanol–water partition coefficient (Wildman–Crippen LogP) is 3.38. The quantitative estimate of drug-likeness (QED) is 0.631. The number of hydrogen-bond acceptors (Lipinski definition) is 5. The molecule has 1 aliphatic heterocycles. The highest BCUT2D eigenvalue weighted by Gasteiger charge is 2.42. The summed E-state index contributed by atoms with van der Waals surface area (Å²) in [6.45, 7) is -0.129. The van der Waals surface area contributed by atoms with Gasteiger partial charge in [-0.15, -0.1) is 0 Å². The zero-order valence-electron chi connectivity index (χ0n) is 16.0. The number of ether oxygens (including phenoxy) is 1. The fraction of sp³-hybridized carbons (Fsp3) is 0.136. The largest absolute Gasteiger partial charge is 0.507 e. The summed E-state index contributed by atoms with van der Waals surface area (Å²) in [4.78, 5) is 31.4. The van der Waals surface area contributed by atoms with Gasteiger partial charge >= 0.3 is 0 Å². The molecule has 0 spiro atoms. The lowest BCUT2D eigenvalue weighted by Gasteiger charge is -2.34. The Kier molecular flexibility index (Phi) is 5.48.